The maximum atomic E-state index is 5.69. The number of nitrogens with one attached hydrogen (secondary N) is 1. The molecule has 3 rings (SSSR count). The van der Waals surface area contributed by atoms with Crippen molar-refractivity contribution in [1.82, 2.24) is 5.32 Å². The minimum Gasteiger partial charge on any atom is -0.464 e. The van der Waals surface area contributed by atoms with Gasteiger partial charge in [-0.25, -0.2) is 0 Å². The molecule has 1 aromatic carbocycles. The molecule has 0 amide bonds. The Bertz CT molecular complexity index is 657. The van der Waals surface area contributed by atoms with Gasteiger partial charge in [0, 0.05) is 17.0 Å². The third kappa shape index (κ3) is 2.79. The second kappa shape index (κ2) is 6.25. The summed E-state index contributed by atoms with van der Waals surface area (Å²) in [6, 6.07) is 10.8. The van der Waals surface area contributed by atoms with Crippen molar-refractivity contribution in [1.29, 1.82) is 0 Å². The molecule has 104 valence electrons. The molecule has 0 aliphatic carbocycles. The van der Waals surface area contributed by atoms with Crippen LogP contribution in [0.4, 0.5) is 0 Å². The first kappa shape index (κ1) is 13.4. The van der Waals surface area contributed by atoms with E-state index in [1.54, 1.807) is 11.3 Å². The lowest BCUT2D eigenvalue weighted by molar-refractivity contribution is 0.520. The average Bonchev–Trinajstić information content (AvgIpc) is 3.12. The third-order valence-electron chi connectivity index (χ3n) is 3.55. The molecule has 0 bridgehead atoms. The minimum absolute atomic E-state index is 0.313. The van der Waals surface area contributed by atoms with E-state index in [9.17, 15) is 0 Å². The van der Waals surface area contributed by atoms with E-state index >= 15 is 0 Å². The number of fused-ring (bicyclic) bond motifs is 1. The van der Waals surface area contributed by atoms with Crippen molar-refractivity contribution in [2.24, 2.45) is 0 Å². The summed E-state index contributed by atoms with van der Waals surface area (Å²) in [5.74, 6) is 0. The molecule has 0 fully saturated rings. The summed E-state index contributed by atoms with van der Waals surface area (Å²) in [4.78, 5) is 0. The standard InChI is InChI=1S/C17H19NOS/c1-2-8-18-16(10-13-7-9-20-12-13)15-11-19-17-6-4-3-5-14(15)17/h3-7,9,11-12,16,18H,2,8,10H2,1H3. The van der Waals surface area contributed by atoms with Crippen LogP contribution in [0.15, 0.2) is 51.8 Å². The van der Waals surface area contributed by atoms with Gasteiger partial charge in [-0.3, -0.25) is 0 Å². The Morgan fingerprint density at radius 2 is 2.15 bits per heavy atom. The van der Waals surface area contributed by atoms with Gasteiger partial charge in [-0.05, 0) is 47.8 Å². The molecule has 0 saturated carbocycles. The van der Waals surface area contributed by atoms with Crippen LogP contribution < -0.4 is 5.32 Å². The predicted molar refractivity (Wildman–Crippen MR) is 85.3 cm³/mol. The largest absolute Gasteiger partial charge is 0.464 e. The first-order valence-electron chi connectivity index (χ1n) is 7.09. The number of hydrogen-bond acceptors (Lipinski definition) is 3. The fraction of sp³-hybridized carbons (Fsp3) is 0.294. The van der Waals surface area contributed by atoms with Gasteiger partial charge in [0.2, 0.25) is 0 Å². The van der Waals surface area contributed by atoms with Crippen molar-refractivity contribution < 1.29 is 4.42 Å². The van der Waals surface area contributed by atoms with Gasteiger partial charge in [0.25, 0.3) is 0 Å². The SMILES string of the molecule is CCCNC(Cc1ccsc1)c1coc2ccccc12. The molecule has 2 aromatic heterocycles. The molecule has 0 radical (unpaired) electrons. The van der Waals surface area contributed by atoms with Crippen molar-refractivity contribution in [3.63, 3.8) is 0 Å². The zero-order chi connectivity index (χ0) is 13.8. The molecule has 20 heavy (non-hydrogen) atoms. The summed E-state index contributed by atoms with van der Waals surface area (Å²) in [6.45, 7) is 3.22. The summed E-state index contributed by atoms with van der Waals surface area (Å²) >= 11 is 1.76. The van der Waals surface area contributed by atoms with Crippen LogP contribution in [0.2, 0.25) is 0 Å². The van der Waals surface area contributed by atoms with Crippen LogP contribution >= 0.6 is 11.3 Å². The number of benzene rings is 1. The molecule has 1 atom stereocenters. The first-order chi connectivity index (χ1) is 9.88. The van der Waals surface area contributed by atoms with Crippen molar-refractivity contribution >= 4 is 22.3 Å². The Kier molecular flexibility index (Phi) is 4.19. The van der Waals surface area contributed by atoms with Gasteiger partial charge in [-0.1, -0.05) is 25.1 Å². The monoisotopic (exact) mass is 285 g/mol. The van der Waals surface area contributed by atoms with Crippen molar-refractivity contribution in [2.75, 3.05) is 6.54 Å². The van der Waals surface area contributed by atoms with E-state index in [-0.39, 0.29) is 0 Å². The molecule has 0 saturated heterocycles. The van der Waals surface area contributed by atoms with Crippen LogP contribution in [0.5, 0.6) is 0 Å². The number of furan rings is 1. The minimum atomic E-state index is 0.313. The van der Waals surface area contributed by atoms with E-state index < -0.39 is 0 Å². The molecule has 0 aliphatic rings. The predicted octanol–water partition coefficient (Wildman–Crippen LogP) is 4.78. The van der Waals surface area contributed by atoms with E-state index in [1.165, 1.54) is 16.5 Å². The van der Waals surface area contributed by atoms with E-state index in [0.717, 1.165) is 25.0 Å². The maximum absolute atomic E-state index is 5.69. The van der Waals surface area contributed by atoms with Crippen molar-refractivity contribution in [3.05, 3.63) is 58.5 Å². The molecule has 3 aromatic rings. The molecule has 0 aliphatic heterocycles. The highest BCUT2D eigenvalue weighted by atomic mass is 32.1. The lowest BCUT2D eigenvalue weighted by Gasteiger charge is -2.17. The number of para-hydroxylation sites is 1. The second-order valence-corrected chi connectivity index (χ2v) is 5.81. The van der Waals surface area contributed by atoms with Gasteiger partial charge >= 0.3 is 0 Å². The van der Waals surface area contributed by atoms with Crippen molar-refractivity contribution in [3.8, 4) is 0 Å². The fourth-order valence-corrected chi connectivity index (χ4v) is 3.20. The molecule has 1 N–H and O–H groups in total. The molecule has 0 spiro atoms. The van der Waals surface area contributed by atoms with Crippen LogP contribution in [-0.2, 0) is 6.42 Å². The van der Waals surface area contributed by atoms with Gasteiger partial charge in [0.05, 0.1) is 6.26 Å². The van der Waals surface area contributed by atoms with Gasteiger partial charge in [0.1, 0.15) is 5.58 Å². The van der Waals surface area contributed by atoms with Crippen LogP contribution in [0.3, 0.4) is 0 Å². The summed E-state index contributed by atoms with van der Waals surface area (Å²) in [7, 11) is 0. The number of thiophene rings is 1. The lowest BCUT2D eigenvalue weighted by atomic mass is 10.00. The Balaban J connectivity index is 1.91. The maximum Gasteiger partial charge on any atom is 0.134 e. The van der Waals surface area contributed by atoms with Crippen LogP contribution in [-0.4, -0.2) is 6.54 Å². The zero-order valence-electron chi connectivity index (χ0n) is 11.6. The van der Waals surface area contributed by atoms with Crippen LogP contribution in [0.1, 0.15) is 30.5 Å². The van der Waals surface area contributed by atoms with E-state index in [0.29, 0.717) is 6.04 Å². The van der Waals surface area contributed by atoms with Gasteiger partial charge in [-0.2, -0.15) is 11.3 Å². The summed E-state index contributed by atoms with van der Waals surface area (Å²) in [5.41, 5.74) is 3.62. The number of hydrogen-bond donors (Lipinski definition) is 1. The van der Waals surface area contributed by atoms with E-state index in [4.69, 9.17) is 4.42 Å². The lowest BCUT2D eigenvalue weighted by Crippen LogP contribution is -2.23. The smallest absolute Gasteiger partial charge is 0.134 e. The Morgan fingerprint density at radius 3 is 2.95 bits per heavy atom. The summed E-state index contributed by atoms with van der Waals surface area (Å²) in [6.07, 6.45) is 4.05. The molecular weight excluding hydrogens is 266 g/mol. The molecule has 1 unspecified atom stereocenters. The number of rotatable bonds is 6. The van der Waals surface area contributed by atoms with Gasteiger partial charge in [-0.15, -0.1) is 0 Å². The first-order valence-corrected chi connectivity index (χ1v) is 8.03. The van der Waals surface area contributed by atoms with Gasteiger partial charge < -0.3 is 9.73 Å². The van der Waals surface area contributed by atoms with E-state index in [1.807, 2.05) is 18.4 Å². The Labute approximate surface area is 123 Å². The molecule has 2 nitrogen and oxygen atoms in total. The highest BCUT2D eigenvalue weighted by molar-refractivity contribution is 7.07. The Hall–Kier alpha value is -1.58. The van der Waals surface area contributed by atoms with Gasteiger partial charge in [0.15, 0.2) is 0 Å². The normalized spacial score (nSPS) is 12.8. The zero-order valence-corrected chi connectivity index (χ0v) is 12.5. The topological polar surface area (TPSA) is 25.2 Å². The summed E-state index contributed by atoms with van der Waals surface area (Å²) < 4.78 is 5.69. The van der Waals surface area contributed by atoms with Crippen molar-refractivity contribution in [2.45, 2.75) is 25.8 Å². The molecule has 3 heteroatoms. The fourth-order valence-electron chi connectivity index (χ4n) is 2.52. The quantitative estimate of drug-likeness (QED) is 0.705. The molecule has 2 heterocycles. The average molecular weight is 285 g/mol. The highest BCUT2D eigenvalue weighted by Crippen LogP contribution is 2.29. The molecular formula is C17H19NOS. The van der Waals surface area contributed by atoms with Crippen LogP contribution in [0, 0.1) is 0 Å². The summed E-state index contributed by atoms with van der Waals surface area (Å²) in [5, 5.41) is 9.23. The third-order valence-corrected chi connectivity index (χ3v) is 4.28. The second-order valence-electron chi connectivity index (χ2n) is 5.03. The highest BCUT2D eigenvalue weighted by Gasteiger charge is 2.17. The van der Waals surface area contributed by atoms with E-state index in [2.05, 4.69) is 41.2 Å². The Morgan fingerprint density at radius 1 is 1.25 bits per heavy atom. The van der Waals surface area contributed by atoms with Crippen LogP contribution in [0.25, 0.3) is 11.0 Å².